The van der Waals surface area contributed by atoms with Gasteiger partial charge < -0.3 is 5.11 Å². The van der Waals surface area contributed by atoms with E-state index in [1.165, 1.54) is 0 Å². The number of carboxylic acids is 1. The number of aromatic carboxylic acids is 1. The molecule has 2 aromatic rings. The van der Waals surface area contributed by atoms with Gasteiger partial charge in [0.25, 0.3) is 0 Å². The summed E-state index contributed by atoms with van der Waals surface area (Å²) in [6.07, 6.45) is 1.62. The van der Waals surface area contributed by atoms with Crippen LogP contribution in [0.5, 0.6) is 0 Å². The zero-order chi connectivity index (χ0) is 10.8. The molecule has 15 heavy (non-hydrogen) atoms. The Balaban J connectivity index is 2.48. The van der Waals surface area contributed by atoms with Gasteiger partial charge in [-0.05, 0) is 12.1 Å². The lowest BCUT2D eigenvalue weighted by Gasteiger charge is -1.91. The van der Waals surface area contributed by atoms with E-state index in [1.807, 2.05) is 0 Å². The summed E-state index contributed by atoms with van der Waals surface area (Å²) in [6, 6.07) is 5.33. The van der Waals surface area contributed by atoms with Crippen LogP contribution in [-0.2, 0) is 0 Å². The van der Waals surface area contributed by atoms with E-state index < -0.39 is 5.97 Å². The van der Waals surface area contributed by atoms with Crippen molar-refractivity contribution in [3.8, 4) is 10.7 Å². The van der Waals surface area contributed by atoms with E-state index in [9.17, 15) is 4.79 Å². The third-order valence-electron chi connectivity index (χ3n) is 1.66. The molecule has 0 aliphatic heterocycles. The number of pyridine rings is 1. The first-order valence-electron chi connectivity index (χ1n) is 3.99. The van der Waals surface area contributed by atoms with Crippen LogP contribution in [0.15, 0.2) is 24.4 Å². The first-order chi connectivity index (χ1) is 7.18. The topological polar surface area (TPSA) is 63.1 Å². The summed E-state index contributed by atoms with van der Waals surface area (Å²) < 4.78 is 0. The van der Waals surface area contributed by atoms with Crippen molar-refractivity contribution in [1.29, 1.82) is 0 Å². The normalized spacial score (nSPS) is 10.2. The molecule has 6 heteroatoms. The molecule has 0 radical (unpaired) electrons. The molecule has 76 valence electrons. The number of thiazole rings is 1. The highest BCUT2D eigenvalue weighted by Crippen LogP contribution is 2.29. The van der Waals surface area contributed by atoms with Crippen molar-refractivity contribution in [2.24, 2.45) is 0 Å². The van der Waals surface area contributed by atoms with Crippen LogP contribution in [0.2, 0.25) is 5.15 Å². The van der Waals surface area contributed by atoms with Gasteiger partial charge in [-0.25, -0.2) is 9.78 Å². The summed E-state index contributed by atoms with van der Waals surface area (Å²) in [5.74, 6) is -1.07. The van der Waals surface area contributed by atoms with E-state index in [4.69, 9.17) is 16.7 Å². The summed E-state index contributed by atoms with van der Waals surface area (Å²) in [5.41, 5.74) is 0.622. The van der Waals surface area contributed by atoms with Crippen molar-refractivity contribution < 1.29 is 9.90 Å². The average molecular weight is 241 g/mol. The molecule has 2 rings (SSSR count). The molecular formula is C9H5ClN2O2S. The van der Waals surface area contributed by atoms with E-state index >= 15 is 0 Å². The van der Waals surface area contributed by atoms with Crippen LogP contribution in [0.25, 0.3) is 10.7 Å². The lowest BCUT2D eigenvalue weighted by molar-refractivity contribution is 0.0702. The zero-order valence-corrected chi connectivity index (χ0v) is 8.92. The molecular weight excluding hydrogens is 236 g/mol. The molecule has 0 saturated carbocycles. The van der Waals surface area contributed by atoms with Crippen LogP contribution >= 0.6 is 22.9 Å². The number of carboxylic acid groups (broad SMARTS) is 1. The molecule has 0 aromatic carbocycles. The number of hydrogen-bond donors (Lipinski definition) is 1. The molecule has 0 amide bonds. The summed E-state index contributed by atoms with van der Waals surface area (Å²) in [4.78, 5) is 18.8. The SMILES string of the molecule is O=C(O)c1sc(-c2ccccn2)nc1Cl. The fourth-order valence-corrected chi connectivity index (χ4v) is 2.14. The van der Waals surface area contributed by atoms with E-state index in [2.05, 4.69) is 9.97 Å². The molecule has 0 spiro atoms. The molecule has 0 aliphatic carbocycles. The maximum absolute atomic E-state index is 10.7. The van der Waals surface area contributed by atoms with Gasteiger partial charge in [0.05, 0.1) is 5.69 Å². The molecule has 1 N–H and O–H groups in total. The molecule has 0 bridgehead atoms. The second-order valence-corrected chi connectivity index (χ2v) is 4.02. The van der Waals surface area contributed by atoms with Gasteiger partial charge in [-0.15, -0.1) is 11.3 Å². The smallest absolute Gasteiger partial charge is 0.349 e. The van der Waals surface area contributed by atoms with Crippen molar-refractivity contribution in [2.75, 3.05) is 0 Å². The monoisotopic (exact) mass is 240 g/mol. The van der Waals surface area contributed by atoms with Gasteiger partial charge >= 0.3 is 5.97 Å². The van der Waals surface area contributed by atoms with Crippen molar-refractivity contribution in [1.82, 2.24) is 9.97 Å². The van der Waals surface area contributed by atoms with Crippen LogP contribution in [0.4, 0.5) is 0 Å². The molecule has 0 saturated heterocycles. The van der Waals surface area contributed by atoms with Crippen LogP contribution in [0.3, 0.4) is 0 Å². The standard InChI is InChI=1S/C9H5ClN2O2S/c10-7-6(9(13)14)15-8(12-7)5-3-1-2-4-11-5/h1-4H,(H,13,14). The fraction of sp³-hybridized carbons (Fsp3) is 0. The lowest BCUT2D eigenvalue weighted by atomic mass is 10.4. The largest absolute Gasteiger partial charge is 0.477 e. The van der Waals surface area contributed by atoms with Gasteiger partial charge in [0.2, 0.25) is 0 Å². The van der Waals surface area contributed by atoms with Gasteiger partial charge in [0.1, 0.15) is 5.01 Å². The van der Waals surface area contributed by atoms with Gasteiger partial charge in [0, 0.05) is 6.20 Å². The van der Waals surface area contributed by atoms with Crippen molar-refractivity contribution in [3.05, 3.63) is 34.4 Å². The highest BCUT2D eigenvalue weighted by Gasteiger charge is 2.16. The summed E-state index contributed by atoms with van der Waals surface area (Å²) in [5, 5.41) is 9.31. The number of carbonyl (C=O) groups is 1. The van der Waals surface area contributed by atoms with Gasteiger partial charge in [-0.3, -0.25) is 4.98 Å². The van der Waals surface area contributed by atoms with Gasteiger partial charge in [0.15, 0.2) is 10.0 Å². The van der Waals surface area contributed by atoms with Crippen LogP contribution in [-0.4, -0.2) is 21.0 Å². The van der Waals surface area contributed by atoms with Crippen LogP contribution in [0.1, 0.15) is 9.67 Å². The Morgan fingerprint density at radius 3 is 2.80 bits per heavy atom. The number of aromatic nitrogens is 2. The Morgan fingerprint density at radius 2 is 2.27 bits per heavy atom. The Hall–Kier alpha value is -1.46. The zero-order valence-electron chi connectivity index (χ0n) is 7.35. The minimum Gasteiger partial charge on any atom is -0.477 e. The number of nitrogens with zero attached hydrogens (tertiary/aromatic N) is 2. The molecule has 4 nitrogen and oxygen atoms in total. The number of halogens is 1. The first-order valence-corrected chi connectivity index (χ1v) is 5.19. The minimum absolute atomic E-state index is 0.00755. The second-order valence-electron chi connectivity index (χ2n) is 2.66. The third-order valence-corrected chi connectivity index (χ3v) is 3.12. The van der Waals surface area contributed by atoms with Crippen molar-refractivity contribution >= 4 is 28.9 Å². The quantitative estimate of drug-likeness (QED) is 0.876. The highest BCUT2D eigenvalue weighted by atomic mass is 35.5. The second kappa shape index (κ2) is 3.96. The summed E-state index contributed by atoms with van der Waals surface area (Å²) >= 11 is 6.70. The lowest BCUT2D eigenvalue weighted by Crippen LogP contribution is -1.91. The number of hydrogen-bond acceptors (Lipinski definition) is 4. The van der Waals surface area contributed by atoms with Crippen LogP contribution < -0.4 is 0 Å². The van der Waals surface area contributed by atoms with E-state index in [0.29, 0.717) is 10.7 Å². The summed E-state index contributed by atoms with van der Waals surface area (Å²) in [7, 11) is 0. The molecule has 0 fully saturated rings. The van der Waals surface area contributed by atoms with Crippen molar-refractivity contribution in [3.63, 3.8) is 0 Å². The molecule has 0 unspecified atom stereocenters. The highest BCUT2D eigenvalue weighted by molar-refractivity contribution is 7.17. The van der Waals surface area contributed by atoms with Crippen LogP contribution in [0, 0.1) is 0 Å². The predicted octanol–water partition coefficient (Wildman–Crippen LogP) is 2.56. The Morgan fingerprint density at radius 1 is 1.47 bits per heavy atom. The molecule has 2 aromatic heterocycles. The van der Waals surface area contributed by atoms with E-state index in [-0.39, 0.29) is 10.0 Å². The predicted molar refractivity (Wildman–Crippen MR) is 57.3 cm³/mol. The number of rotatable bonds is 2. The summed E-state index contributed by atoms with van der Waals surface area (Å²) in [6.45, 7) is 0. The Kier molecular flexibility index (Phi) is 2.66. The molecule has 2 heterocycles. The van der Waals surface area contributed by atoms with E-state index in [1.54, 1.807) is 24.4 Å². The average Bonchev–Trinajstić information content (AvgIpc) is 2.62. The van der Waals surface area contributed by atoms with E-state index in [0.717, 1.165) is 11.3 Å². The minimum atomic E-state index is -1.07. The maximum atomic E-state index is 10.7. The molecule has 0 atom stereocenters. The fourth-order valence-electron chi connectivity index (χ4n) is 1.03. The Bertz CT molecular complexity index is 498. The first kappa shape index (κ1) is 10.1. The third kappa shape index (κ3) is 1.98. The Labute approximate surface area is 94.2 Å². The van der Waals surface area contributed by atoms with Gasteiger partial charge in [-0.1, -0.05) is 17.7 Å². The van der Waals surface area contributed by atoms with Crippen molar-refractivity contribution in [2.45, 2.75) is 0 Å². The van der Waals surface area contributed by atoms with Gasteiger partial charge in [-0.2, -0.15) is 0 Å². The molecule has 0 aliphatic rings. The maximum Gasteiger partial charge on any atom is 0.349 e.